The van der Waals surface area contributed by atoms with Gasteiger partial charge in [-0.2, -0.15) is 0 Å². The summed E-state index contributed by atoms with van der Waals surface area (Å²) in [6.07, 6.45) is 4.70. The van der Waals surface area contributed by atoms with Crippen molar-refractivity contribution in [2.75, 3.05) is 13.1 Å². The van der Waals surface area contributed by atoms with Crippen molar-refractivity contribution in [3.63, 3.8) is 0 Å². The highest BCUT2D eigenvalue weighted by molar-refractivity contribution is 6.30. The average molecular weight is 386 g/mol. The zero-order valence-electron chi connectivity index (χ0n) is 14.7. The van der Waals surface area contributed by atoms with E-state index in [0.717, 1.165) is 24.2 Å². The third-order valence-corrected chi connectivity index (χ3v) is 5.27. The molecule has 0 bridgehead atoms. The lowest BCUT2D eigenvalue weighted by atomic mass is 10.0. The van der Waals surface area contributed by atoms with Crippen LogP contribution < -0.4 is 10.1 Å². The minimum Gasteiger partial charge on any atom is -0.480 e. The van der Waals surface area contributed by atoms with Crippen LogP contribution in [0.1, 0.15) is 28.8 Å². The largest absolute Gasteiger partial charge is 0.480 e. The smallest absolute Gasteiger partial charge is 0.263 e. The lowest BCUT2D eigenvalue weighted by Gasteiger charge is -2.33. The summed E-state index contributed by atoms with van der Waals surface area (Å²) < 4.78 is 5.80. The quantitative estimate of drug-likeness (QED) is 0.881. The number of aromatic nitrogens is 1. The number of hydrogen-bond donors (Lipinski definition) is 1. The van der Waals surface area contributed by atoms with Crippen molar-refractivity contribution in [2.45, 2.75) is 31.4 Å². The summed E-state index contributed by atoms with van der Waals surface area (Å²) in [7, 11) is 0. The van der Waals surface area contributed by atoms with Crippen LogP contribution in [0.15, 0.2) is 42.7 Å². The average Bonchev–Trinajstić information content (AvgIpc) is 3.12. The number of benzene rings is 1. The Balaban J connectivity index is 1.29. The molecule has 0 aliphatic carbocycles. The first-order chi connectivity index (χ1) is 13.1. The molecule has 1 aromatic heterocycles. The van der Waals surface area contributed by atoms with Gasteiger partial charge in [-0.25, -0.2) is 0 Å². The van der Waals surface area contributed by atoms with Gasteiger partial charge in [0.15, 0.2) is 6.10 Å². The molecule has 2 aliphatic heterocycles. The molecule has 1 aromatic carbocycles. The maximum Gasteiger partial charge on any atom is 0.263 e. The minimum atomic E-state index is -0.486. The van der Waals surface area contributed by atoms with Gasteiger partial charge < -0.3 is 15.0 Å². The van der Waals surface area contributed by atoms with E-state index in [1.165, 1.54) is 0 Å². The van der Waals surface area contributed by atoms with Gasteiger partial charge in [-0.1, -0.05) is 11.6 Å². The van der Waals surface area contributed by atoms with Crippen LogP contribution in [0.4, 0.5) is 0 Å². The van der Waals surface area contributed by atoms with E-state index in [1.54, 1.807) is 30.6 Å². The zero-order valence-corrected chi connectivity index (χ0v) is 15.5. The van der Waals surface area contributed by atoms with Crippen LogP contribution in [0.2, 0.25) is 5.02 Å². The van der Waals surface area contributed by atoms with E-state index in [0.29, 0.717) is 30.1 Å². The second kappa shape index (κ2) is 7.56. The standard InChI is InChI=1S/C20H20ClN3O3/c21-15-3-4-17-14(10-15)11-18(27-17)20(26)24-8-5-16(6-9-24)23-19(25)13-2-1-7-22-12-13/h1-4,7,10,12,16,18H,5-6,8-9,11H2,(H,23,25). The highest BCUT2D eigenvalue weighted by atomic mass is 35.5. The van der Waals surface area contributed by atoms with Gasteiger partial charge in [0.05, 0.1) is 5.56 Å². The van der Waals surface area contributed by atoms with Crippen LogP contribution in [-0.4, -0.2) is 46.9 Å². The molecular formula is C20H20ClN3O3. The van der Waals surface area contributed by atoms with Crippen molar-refractivity contribution in [3.05, 3.63) is 58.9 Å². The molecule has 140 valence electrons. The summed E-state index contributed by atoms with van der Waals surface area (Å²) in [5.74, 6) is 0.607. The maximum atomic E-state index is 12.8. The fraction of sp³-hybridized carbons (Fsp3) is 0.350. The number of carbonyl (C=O) groups is 2. The Morgan fingerprint density at radius 1 is 1.22 bits per heavy atom. The lowest BCUT2D eigenvalue weighted by Crippen LogP contribution is -2.50. The summed E-state index contributed by atoms with van der Waals surface area (Å²) in [5, 5.41) is 3.67. The number of pyridine rings is 1. The highest BCUT2D eigenvalue weighted by Crippen LogP contribution is 2.32. The highest BCUT2D eigenvalue weighted by Gasteiger charge is 2.34. The molecule has 2 aromatic rings. The molecule has 0 radical (unpaired) electrons. The Kier molecular flexibility index (Phi) is 4.99. The predicted octanol–water partition coefficient (Wildman–Crippen LogP) is 2.46. The molecule has 3 heterocycles. The Labute approximate surface area is 162 Å². The summed E-state index contributed by atoms with van der Waals surface area (Å²) in [5.41, 5.74) is 1.52. The number of piperidine rings is 1. The number of halogens is 1. The van der Waals surface area contributed by atoms with Gasteiger partial charge in [-0.05, 0) is 48.7 Å². The third-order valence-electron chi connectivity index (χ3n) is 5.04. The molecule has 4 rings (SSSR count). The molecule has 2 amide bonds. The number of nitrogens with zero attached hydrogens (tertiary/aromatic N) is 2. The van der Waals surface area contributed by atoms with E-state index in [1.807, 2.05) is 17.0 Å². The first-order valence-corrected chi connectivity index (χ1v) is 9.43. The van der Waals surface area contributed by atoms with Gasteiger partial charge in [-0.15, -0.1) is 0 Å². The van der Waals surface area contributed by atoms with E-state index in [9.17, 15) is 9.59 Å². The van der Waals surface area contributed by atoms with Gasteiger partial charge in [0.1, 0.15) is 5.75 Å². The van der Waals surface area contributed by atoms with Crippen LogP contribution >= 0.6 is 11.6 Å². The molecule has 2 aliphatic rings. The van der Waals surface area contributed by atoms with Crippen LogP contribution in [0.5, 0.6) is 5.75 Å². The molecule has 1 saturated heterocycles. The fourth-order valence-electron chi connectivity index (χ4n) is 3.57. The second-order valence-electron chi connectivity index (χ2n) is 6.88. The molecule has 1 N–H and O–H groups in total. The van der Waals surface area contributed by atoms with Crippen molar-refractivity contribution < 1.29 is 14.3 Å². The Bertz CT molecular complexity index is 851. The molecule has 6 nitrogen and oxygen atoms in total. The SMILES string of the molecule is O=C(NC1CCN(C(=O)C2Cc3cc(Cl)ccc3O2)CC1)c1cccnc1. The van der Waals surface area contributed by atoms with Gasteiger partial charge >= 0.3 is 0 Å². The number of likely N-dealkylation sites (tertiary alicyclic amines) is 1. The number of nitrogens with one attached hydrogen (secondary N) is 1. The van der Waals surface area contributed by atoms with E-state index in [4.69, 9.17) is 16.3 Å². The molecule has 1 unspecified atom stereocenters. The monoisotopic (exact) mass is 385 g/mol. The molecule has 0 saturated carbocycles. The van der Waals surface area contributed by atoms with Crippen molar-refractivity contribution in [2.24, 2.45) is 0 Å². The Morgan fingerprint density at radius 3 is 2.78 bits per heavy atom. The molecule has 7 heteroatoms. The minimum absolute atomic E-state index is 0.000594. The number of amides is 2. The molecule has 0 spiro atoms. The molecule has 27 heavy (non-hydrogen) atoms. The van der Waals surface area contributed by atoms with E-state index in [-0.39, 0.29) is 17.9 Å². The van der Waals surface area contributed by atoms with E-state index in [2.05, 4.69) is 10.3 Å². The molecular weight excluding hydrogens is 366 g/mol. The van der Waals surface area contributed by atoms with Crippen molar-refractivity contribution in [1.82, 2.24) is 15.2 Å². The topological polar surface area (TPSA) is 71.5 Å². The van der Waals surface area contributed by atoms with Crippen molar-refractivity contribution in [1.29, 1.82) is 0 Å². The van der Waals surface area contributed by atoms with E-state index >= 15 is 0 Å². The van der Waals surface area contributed by atoms with Crippen LogP contribution in [-0.2, 0) is 11.2 Å². The molecule has 1 atom stereocenters. The number of ether oxygens (including phenoxy) is 1. The maximum absolute atomic E-state index is 12.8. The third kappa shape index (κ3) is 3.90. The lowest BCUT2D eigenvalue weighted by molar-refractivity contribution is -0.139. The number of hydrogen-bond acceptors (Lipinski definition) is 4. The summed E-state index contributed by atoms with van der Waals surface area (Å²) >= 11 is 6.01. The first-order valence-electron chi connectivity index (χ1n) is 9.05. The van der Waals surface area contributed by atoms with Gasteiger partial charge in [0, 0.05) is 43.0 Å². The van der Waals surface area contributed by atoms with Crippen molar-refractivity contribution in [3.8, 4) is 5.75 Å². The second-order valence-corrected chi connectivity index (χ2v) is 7.31. The number of carbonyl (C=O) groups excluding carboxylic acids is 2. The zero-order chi connectivity index (χ0) is 18.8. The Hall–Kier alpha value is -2.60. The molecule has 1 fully saturated rings. The number of rotatable bonds is 3. The first kappa shape index (κ1) is 17.8. The number of fused-ring (bicyclic) bond motifs is 1. The predicted molar refractivity (Wildman–Crippen MR) is 101 cm³/mol. The van der Waals surface area contributed by atoms with Crippen LogP contribution in [0.25, 0.3) is 0 Å². The normalized spacial score (nSPS) is 19.3. The van der Waals surface area contributed by atoms with Gasteiger partial charge in [0.2, 0.25) is 0 Å². The van der Waals surface area contributed by atoms with E-state index < -0.39 is 6.10 Å². The van der Waals surface area contributed by atoms with Gasteiger partial charge in [0.25, 0.3) is 11.8 Å². The van der Waals surface area contributed by atoms with Crippen LogP contribution in [0, 0.1) is 0 Å². The summed E-state index contributed by atoms with van der Waals surface area (Å²) in [4.78, 5) is 30.8. The fourth-order valence-corrected chi connectivity index (χ4v) is 3.76. The summed E-state index contributed by atoms with van der Waals surface area (Å²) in [6.45, 7) is 1.21. The summed E-state index contributed by atoms with van der Waals surface area (Å²) in [6, 6.07) is 8.96. The Morgan fingerprint density at radius 2 is 2.04 bits per heavy atom. The van der Waals surface area contributed by atoms with Gasteiger partial charge in [-0.3, -0.25) is 14.6 Å². The van der Waals surface area contributed by atoms with Crippen LogP contribution in [0.3, 0.4) is 0 Å². The van der Waals surface area contributed by atoms with Crippen molar-refractivity contribution >= 4 is 23.4 Å².